The lowest BCUT2D eigenvalue weighted by atomic mass is 10.2. The topological polar surface area (TPSA) is 98.1 Å². The van der Waals surface area contributed by atoms with E-state index in [2.05, 4.69) is 20.7 Å². The Bertz CT molecular complexity index is 1010. The molecule has 0 saturated carbocycles. The second kappa shape index (κ2) is 9.69. The predicted molar refractivity (Wildman–Crippen MR) is 114 cm³/mol. The SMILES string of the molecule is COc1ccc(C(=O)NCCCC(=O)Nc2ccc(-n3nc(C)cc3C)nc2)cc1. The maximum Gasteiger partial charge on any atom is 0.251 e. The summed E-state index contributed by atoms with van der Waals surface area (Å²) in [5.41, 5.74) is 3.08. The van der Waals surface area contributed by atoms with Crippen LogP contribution < -0.4 is 15.4 Å². The van der Waals surface area contributed by atoms with Crippen molar-refractivity contribution in [1.29, 1.82) is 0 Å². The molecule has 0 aliphatic carbocycles. The Morgan fingerprint density at radius 3 is 2.47 bits per heavy atom. The molecule has 0 bridgehead atoms. The number of aromatic nitrogens is 3. The maximum atomic E-state index is 12.1. The van der Waals surface area contributed by atoms with E-state index in [4.69, 9.17) is 4.74 Å². The van der Waals surface area contributed by atoms with E-state index in [0.29, 0.717) is 42.2 Å². The van der Waals surface area contributed by atoms with Crippen LogP contribution in [0.1, 0.15) is 34.6 Å². The fourth-order valence-electron chi connectivity index (χ4n) is 2.96. The Balaban J connectivity index is 1.42. The van der Waals surface area contributed by atoms with Gasteiger partial charge in [0.1, 0.15) is 5.75 Å². The molecule has 30 heavy (non-hydrogen) atoms. The highest BCUT2D eigenvalue weighted by molar-refractivity contribution is 5.94. The lowest BCUT2D eigenvalue weighted by Gasteiger charge is -2.08. The third-order valence-electron chi connectivity index (χ3n) is 4.48. The largest absolute Gasteiger partial charge is 0.497 e. The zero-order valence-electron chi connectivity index (χ0n) is 17.3. The van der Waals surface area contributed by atoms with Crippen molar-refractivity contribution < 1.29 is 14.3 Å². The number of methoxy groups -OCH3 is 1. The van der Waals surface area contributed by atoms with Crippen molar-refractivity contribution in [2.45, 2.75) is 26.7 Å². The van der Waals surface area contributed by atoms with Crippen molar-refractivity contribution in [1.82, 2.24) is 20.1 Å². The molecule has 0 radical (unpaired) electrons. The smallest absolute Gasteiger partial charge is 0.251 e. The van der Waals surface area contributed by atoms with Crippen LogP contribution in [0.4, 0.5) is 5.69 Å². The van der Waals surface area contributed by atoms with Crippen molar-refractivity contribution in [3.8, 4) is 11.6 Å². The maximum absolute atomic E-state index is 12.1. The summed E-state index contributed by atoms with van der Waals surface area (Å²) in [4.78, 5) is 28.6. The monoisotopic (exact) mass is 407 g/mol. The summed E-state index contributed by atoms with van der Waals surface area (Å²) in [6.07, 6.45) is 2.43. The van der Waals surface area contributed by atoms with E-state index >= 15 is 0 Å². The van der Waals surface area contributed by atoms with Crippen LogP contribution in [0, 0.1) is 13.8 Å². The number of anilines is 1. The van der Waals surface area contributed by atoms with Gasteiger partial charge in [-0.25, -0.2) is 9.67 Å². The summed E-state index contributed by atoms with van der Waals surface area (Å²) in [5, 5.41) is 10.0. The van der Waals surface area contributed by atoms with Gasteiger partial charge in [0.05, 0.1) is 24.7 Å². The summed E-state index contributed by atoms with van der Waals surface area (Å²) >= 11 is 0. The third-order valence-corrected chi connectivity index (χ3v) is 4.48. The van der Waals surface area contributed by atoms with Crippen molar-refractivity contribution in [2.24, 2.45) is 0 Å². The fourth-order valence-corrected chi connectivity index (χ4v) is 2.96. The molecule has 0 aliphatic rings. The first-order chi connectivity index (χ1) is 14.5. The van der Waals surface area contributed by atoms with Gasteiger partial charge in [-0.1, -0.05) is 0 Å². The number of amides is 2. The van der Waals surface area contributed by atoms with E-state index in [1.165, 1.54) is 0 Å². The third kappa shape index (κ3) is 5.44. The van der Waals surface area contributed by atoms with Gasteiger partial charge in [-0.2, -0.15) is 5.10 Å². The van der Waals surface area contributed by atoms with Crippen molar-refractivity contribution >= 4 is 17.5 Å². The van der Waals surface area contributed by atoms with E-state index in [1.807, 2.05) is 26.0 Å². The predicted octanol–water partition coefficient (Wildman–Crippen LogP) is 3.04. The second-order valence-corrected chi connectivity index (χ2v) is 6.88. The zero-order chi connectivity index (χ0) is 21.5. The highest BCUT2D eigenvalue weighted by Crippen LogP contribution is 2.13. The molecule has 8 nitrogen and oxygen atoms in total. The van der Waals surface area contributed by atoms with Gasteiger partial charge in [-0.3, -0.25) is 9.59 Å². The van der Waals surface area contributed by atoms with Gasteiger partial charge in [0, 0.05) is 24.2 Å². The second-order valence-electron chi connectivity index (χ2n) is 6.88. The molecular formula is C22H25N5O3. The molecule has 0 saturated heterocycles. The van der Waals surface area contributed by atoms with Crippen LogP contribution in [0.2, 0.25) is 0 Å². The number of hydrogen-bond acceptors (Lipinski definition) is 5. The van der Waals surface area contributed by atoms with Crippen molar-refractivity contribution in [2.75, 3.05) is 19.0 Å². The number of benzene rings is 1. The van der Waals surface area contributed by atoms with Crippen molar-refractivity contribution in [3.63, 3.8) is 0 Å². The molecule has 1 aromatic carbocycles. The molecule has 156 valence electrons. The Morgan fingerprint density at radius 2 is 1.87 bits per heavy atom. The highest BCUT2D eigenvalue weighted by Gasteiger charge is 2.08. The molecule has 2 N–H and O–H groups in total. The first-order valence-electron chi connectivity index (χ1n) is 9.68. The molecule has 2 heterocycles. The molecule has 0 unspecified atom stereocenters. The minimum atomic E-state index is -0.179. The Morgan fingerprint density at radius 1 is 1.10 bits per heavy atom. The molecule has 2 aromatic heterocycles. The van der Waals surface area contributed by atoms with Gasteiger partial charge in [-0.15, -0.1) is 0 Å². The van der Waals surface area contributed by atoms with Crippen LogP contribution >= 0.6 is 0 Å². The number of nitrogens with zero attached hydrogens (tertiary/aromatic N) is 3. The summed E-state index contributed by atoms with van der Waals surface area (Å²) in [5.74, 6) is 1.08. The van der Waals surface area contributed by atoms with Gasteiger partial charge in [-0.05, 0) is 62.7 Å². The number of aryl methyl sites for hydroxylation is 2. The Kier molecular flexibility index (Phi) is 6.79. The Labute approximate surface area is 175 Å². The summed E-state index contributed by atoms with van der Waals surface area (Å²) in [6.45, 7) is 4.30. The number of rotatable bonds is 8. The summed E-state index contributed by atoms with van der Waals surface area (Å²) < 4.78 is 6.83. The first-order valence-corrected chi connectivity index (χ1v) is 9.68. The van der Waals surface area contributed by atoms with Gasteiger partial charge in [0.25, 0.3) is 5.91 Å². The van der Waals surface area contributed by atoms with E-state index in [0.717, 1.165) is 11.4 Å². The average Bonchev–Trinajstić information content (AvgIpc) is 3.09. The number of carbonyl (C=O) groups is 2. The fraction of sp³-hybridized carbons (Fsp3) is 0.273. The van der Waals surface area contributed by atoms with Crippen LogP contribution in [0.5, 0.6) is 5.75 Å². The number of ether oxygens (including phenoxy) is 1. The lowest BCUT2D eigenvalue weighted by Crippen LogP contribution is -2.25. The molecule has 0 aliphatic heterocycles. The molecule has 3 aromatic rings. The van der Waals surface area contributed by atoms with Crippen LogP contribution in [0.25, 0.3) is 5.82 Å². The van der Waals surface area contributed by atoms with Crippen molar-refractivity contribution in [3.05, 3.63) is 65.6 Å². The molecule has 3 rings (SSSR count). The number of nitrogens with one attached hydrogen (secondary N) is 2. The van der Waals surface area contributed by atoms with E-state index in [-0.39, 0.29) is 11.8 Å². The summed E-state index contributed by atoms with van der Waals surface area (Å²) in [7, 11) is 1.58. The van der Waals surface area contributed by atoms with Gasteiger partial charge >= 0.3 is 0 Å². The standard InChI is InChI=1S/C22H25N5O3/c1-15-13-16(2)27(26-15)20-11-8-18(14-24-20)25-21(28)5-4-12-23-22(29)17-6-9-19(30-3)10-7-17/h6-11,13-14H,4-5,12H2,1-3H3,(H,23,29)(H,25,28). The molecule has 0 spiro atoms. The van der Waals surface area contributed by atoms with E-state index in [1.54, 1.807) is 48.3 Å². The van der Waals surface area contributed by atoms with E-state index < -0.39 is 0 Å². The van der Waals surface area contributed by atoms with Crippen LogP contribution in [0.15, 0.2) is 48.7 Å². The molecular weight excluding hydrogens is 382 g/mol. The zero-order valence-corrected chi connectivity index (χ0v) is 17.3. The van der Waals surface area contributed by atoms with Gasteiger partial charge in [0.15, 0.2) is 5.82 Å². The van der Waals surface area contributed by atoms with Gasteiger partial charge < -0.3 is 15.4 Å². The number of hydrogen-bond donors (Lipinski definition) is 2. The number of carbonyl (C=O) groups excluding carboxylic acids is 2. The minimum absolute atomic E-state index is 0.130. The van der Waals surface area contributed by atoms with Gasteiger partial charge in [0.2, 0.25) is 5.91 Å². The summed E-state index contributed by atoms with van der Waals surface area (Å²) in [6, 6.07) is 12.4. The number of pyridine rings is 1. The van der Waals surface area contributed by atoms with E-state index in [9.17, 15) is 9.59 Å². The molecule has 0 atom stereocenters. The normalized spacial score (nSPS) is 10.5. The molecule has 8 heteroatoms. The lowest BCUT2D eigenvalue weighted by molar-refractivity contribution is -0.116. The quantitative estimate of drug-likeness (QED) is 0.559. The van der Waals surface area contributed by atoms with Crippen LogP contribution in [-0.2, 0) is 4.79 Å². The molecule has 2 amide bonds. The Hall–Kier alpha value is -3.68. The van der Waals surface area contributed by atoms with Crippen LogP contribution in [0.3, 0.4) is 0 Å². The molecule has 0 fully saturated rings. The minimum Gasteiger partial charge on any atom is -0.497 e. The highest BCUT2D eigenvalue weighted by atomic mass is 16.5. The average molecular weight is 407 g/mol. The first kappa shape index (κ1) is 21.0. The van der Waals surface area contributed by atoms with Crippen LogP contribution in [-0.4, -0.2) is 40.2 Å².